The number of rotatable bonds is 2. The smallest absolute Gasteiger partial charge is 0.370 e. The number of morpholine rings is 1. The van der Waals surface area contributed by atoms with Gasteiger partial charge < -0.3 is 9.64 Å². The monoisotopic (exact) mass is 368 g/mol. The van der Waals surface area contributed by atoms with Crippen molar-refractivity contribution in [1.29, 1.82) is 5.26 Å². The number of hydrogen-bond donors (Lipinski definition) is 0. The Bertz CT molecular complexity index is 860. The Kier molecular flexibility index (Phi) is 4.83. The van der Waals surface area contributed by atoms with Gasteiger partial charge >= 0.3 is 6.18 Å². The van der Waals surface area contributed by atoms with Gasteiger partial charge in [-0.3, -0.25) is 0 Å². The molecular weight excluding hydrogens is 355 g/mol. The highest BCUT2D eigenvalue weighted by Gasteiger charge is 2.34. The van der Waals surface area contributed by atoms with Gasteiger partial charge in [0, 0.05) is 18.8 Å². The minimum atomic E-state index is -4.65. The van der Waals surface area contributed by atoms with Crippen molar-refractivity contribution in [2.75, 3.05) is 24.6 Å². The maximum Gasteiger partial charge on any atom is 0.417 e. The van der Waals surface area contributed by atoms with Gasteiger partial charge in [-0.05, 0) is 35.9 Å². The maximum atomic E-state index is 13.4. The maximum absolute atomic E-state index is 13.4. The van der Waals surface area contributed by atoms with Crippen LogP contribution < -0.4 is 4.90 Å². The standard InChI is InChI=1S/C18H13F5N2O/c19-15-4-2-11(7-16(15)20)17-10-25(5-6-26-17)13-3-1-12(9-24)14(8-13)18(21,22)23/h1-4,7-8,17H,5-6,10H2. The molecule has 1 atom stereocenters. The number of nitriles is 1. The van der Waals surface area contributed by atoms with Crippen molar-refractivity contribution in [3.63, 3.8) is 0 Å². The molecule has 0 spiro atoms. The second-order valence-electron chi connectivity index (χ2n) is 5.82. The van der Waals surface area contributed by atoms with Crippen molar-refractivity contribution in [3.05, 3.63) is 64.7 Å². The van der Waals surface area contributed by atoms with Crippen LogP contribution in [-0.2, 0) is 10.9 Å². The molecule has 8 heteroatoms. The van der Waals surface area contributed by atoms with Crippen LogP contribution in [0, 0.1) is 23.0 Å². The molecule has 0 N–H and O–H groups in total. The van der Waals surface area contributed by atoms with Crippen LogP contribution >= 0.6 is 0 Å². The SMILES string of the molecule is N#Cc1ccc(N2CCOC(c3ccc(F)c(F)c3)C2)cc1C(F)(F)F. The van der Waals surface area contributed by atoms with E-state index in [4.69, 9.17) is 10.00 Å². The average molecular weight is 368 g/mol. The minimum Gasteiger partial charge on any atom is -0.370 e. The molecule has 26 heavy (non-hydrogen) atoms. The summed E-state index contributed by atoms with van der Waals surface area (Å²) < 4.78 is 71.5. The van der Waals surface area contributed by atoms with Gasteiger partial charge in [0.15, 0.2) is 11.6 Å². The highest BCUT2D eigenvalue weighted by atomic mass is 19.4. The van der Waals surface area contributed by atoms with Crippen molar-refractivity contribution < 1.29 is 26.7 Å². The molecule has 1 saturated heterocycles. The quantitative estimate of drug-likeness (QED) is 0.736. The van der Waals surface area contributed by atoms with Crippen LogP contribution in [0.1, 0.15) is 22.8 Å². The summed E-state index contributed by atoms with van der Waals surface area (Å²) in [5.74, 6) is -2.00. The number of hydrogen-bond acceptors (Lipinski definition) is 3. The predicted octanol–water partition coefficient (Wildman–Crippen LogP) is 4.43. The average Bonchev–Trinajstić information content (AvgIpc) is 2.63. The highest BCUT2D eigenvalue weighted by molar-refractivity contribution is 5.55. The molecule has 1 heterocycles. The van der Waals surface area contributed by atoms with Gasteiger partial charge in [0.25, 0.3) is 0 Å². The molecule has 0 aromatic heterocycles. The Morgan fingerprint density at radius 1 is 1.08 bits per heavy atom. The number of halogens is 5. The lowest BCUT2D eigenvalue weighted by atomic mass is 10.0. The topological polar surface area (TPSA) is 36.3 Å². The molecule has 136 valence electrons. The zero-order valence-corrected chi connectivity index (χ0v) is 13.4. The Balaban J connectivity index is 1.88. The van der Waals surface area contributed by atoms with Crippen LogP contribution in [0.15, 0.2) is 36.4 Å². The minimum absolute atomic E-state index is 0.175. The number of benzene rings is 2. The number of ether oxygens (including phenoxy) is 1. The fourth-order valence-corrected chi connectivity index (χ4v) is 2.86. The summed E-state index contributed by atoms with van der Waals surface area (Å²) in [6.07, 6.45) is -5.25. The molecule has 1 fully saturated rings. The first-order chi connectivity index (χ1) is 12.3. The lowest BCUT2D eigenvalue weighted by molar-refractivity contribution is -0.137. The molecule has 0 bridgehead atoms. The molecule has 2 aromatic rings. The first-order valence-corrected chi connectivity index (χ1v) is 7.72. The van der Waals surface area contributed by atoms with E-state index in [0.717, 1.165) is 24.3 Å². The second kappa shape index (κ2) is 6.92. The molecule has 1 unspecified atom stereocenters. The second-order valence-corrected chi connectivity index (χ2v) is 5.82. The van der Waals surface area contributed by atoms with Gasteiger partial charge in [0.05, 0.1) is 23.8 Å². The van der Waals surface area contributed by atoms with E-state index in [1.54, 1.807) is 4.90 Å². The Morgan fingerprint density at radius 2 is 1.85 bits per heavy atom. The fraction of sp³-hybridized carbons (Fsp3) is 0.278. The number of nitrogens with zero attached hydrogens (tertiary/aromatic N) is 2. The summed E-state index contributed by atoms with van der Waals surface area (Å²) in [7, 11) is 0. The number of anilines is 1. The van der Waals surface area contributed by atoms with Crippen LogP contribution in [0.25, 0.3) is 0 Å². The zero-order chi connectivity index (χ0) is 18.9. The molecular formula is C18H13F5N2O. The van der Waals surface area contributed by atoms with E-state index >= 15 is 0 Å². The van der Waals surface area contributed by atoms with Gasteiger partial charge in [-0.2, -0.15) is 18.4 Å². The van der Waals surface area contributed by atoms with E-state index in [0.29, 0.717) is 12.1 Å². The normalized spacial score (nSPS) is 17.8. The summed E-state index contributed by atoms with van der Waals surface area (Å²) in [6, 6.07) is 8.40. The van der Waals surface area contributed by atoms with Crippen molar-refractivity contribution in [2.45, 2.75) is 12.3 Å². The van der Waals surface area contributed by atoms with Gasteiger partial charge in [0.1, 0.15) is 6.10 Å². The number of alkyl halides is 3. The zero-order valence-electron chi connectivity index (χ0n) is 13.4. The van der Waals surface area contributed by atoms with Crippen LogP contribution in [0.3, 0.4) is 0 Å². The van der Waals surface area contributed by atoms with E-state index in [-0.39, 0.29) is 18.8 Å². The van der Waals surface area contributed by atoms with Crippen LogP contribution in [-0.4, -0.2) is 19.7 Å². The van der Waals surface area contributed by atoms with Gasteiger partial charge in [0.2, 0.25) is 0 Å². The van der Waals surface area contributed by atoms with Crippen molar-refractivity contribution in [1.82, 2.24) is 0 Å². The summed E-state index contributed by atoms with van der Waals surface area (Å²) in [5.41, 5.74) is -0.773. The molecule has 3 nitrogen and oxygen atoms in total. The van der Waals surface area contributed by atoms with E-state index in [1.807, 2.05) is 0 Å². The third kappa shape index (κ3) is 3.63. The van der Waals surface area contributed by atoms with Crippen LogP contribution in [0.4, 0.5) is 27.6 Å². The van der Waals surface area contributed by atoms with Gasteiger partial charge in [-0.15, -0.1) is 0 Å². The third-order valence-corrected chi connectivity index (χ3v) is 4.18. The summed E-state index contributed by atoms with van der Waals surface area (Å²) in [5, 5.41) is 8.87. The van der Waals surface area contributed by atoms with E-state index in [9.17, 15) is 22.0 Å². The van der Waals surface area contributed by atoms with Crippen molar-refractivity contribution in [2.24, 2.45) is 0 Å². The summed E-state index contributed by atoms with van der Waals surface area (Å²) >= 11 is 0. The van der Waals surface area contributed by atoms with E-state index in [1.165, 1.54) is 18.2 Å². The largest absolute Gasteiger partial charge is 0.417 e. The van der Waals surface area contributed by atoms with Crippen LogP contribution in [0.5, 0.6) is 0 Å². The van der Waals surface area contributed by atoms with E-state index < -0.39 is 35.0 Å². The van der Waals surface area contributed by atoms with Crippen molar-refractivity contribution >= 4 is 5.69 Å². The van der Waals surface area contributed by atoms with Gasteiger partial charge in [-0.25, -0.2) is 8.78 Å². The molecule has 0 aliphatic carbocycles. The molecule has 1 aliphatic rings. The molecule has 3 rings (SSSR count). The third-order valence-electron chi connectivity index (χ3n) is 4.18. The first-order valence-electron chi connectivity index (χ1n) is 7.72. The summed E-state index contributed by atoms with van der Waals surface area (Å²) in [4.78, 5) is 1.66. The molecule has 1 aliphatic heterocycles. The lowest BCUT2D eigenvalue weighted by Crippen LogP contribution is -2.38. The molecule has 0 amide bonds. The van der Waals surface area contributed by atoms with E-state index in [2.05, 4.69) is 0 Å². The molecule has 0 radical (unpaired) electrons. The Hall–Kier alpha value is -2.66. The highest BCUT2D eigenvalue weighted by Crippen LogP contribution is 2.35. The van der Waals surface area contributed by atoms with Crippen molar-refractivity contribution in [3.8, 4) is 6.07 Å². The first kappa shape index (κ1) is 18.1. The fourth-order valence-electron chi connectivity index (χ4n) is 2.86. The lowest BCUT2D eigenvalue weighted by Gasteiger charge is -2.35. The summed E-state index contributed by atoms with van der Waals surface area (Å²) in [6.45, 7) is 0.725. The molecule has 0 saturated carbocycles. The molecule has 2 aromatic carbocycles. The Labute approximate surface area is 146 Å². The Morgan fingerprint density at radius 3 is 2.50 bits per heavy atom. The predicted molar refractivity (Wildman–Crippen MR) is 83.4 cm³/mol. The van der Waals surface area contributed by atoms with Gasteiger partial charge in [-0.1, -0.05) is 6.07 Å². The van der Waals surface area contributed by atoms with Crippen LogP contribution in [0.2, 0.25) is 0 Å².